The summed E-state index contributed by atoms with van der Waals surface area (Å²) in [6, 6.07) is 4.19. The third-order valence-corrected chi connectivity index (χ3v) is 4.97. The molecule has 3 nitrogen and oxygen atoms in total. The first kappa shape index (κ1) is 10.6. The van der Waals surface area contributed by atoms with Gasteiger partial charge in [0.2, 0.25) is 0 Å². The van der Waals surface area contributed by atoms with Gasteiger partial charge in [-0.05, 0) is 19.1 Å². The van der Waals surface area contributed by atoms with Gasteiger partial charge in [-0.25, -0.2) is 4.68 Å². The van der Waals surface area contributed by atoms with Crippen LogP contribution in [0.2, 0.25) is 19.6 Å². The molecule has 0 bridgehead atoms. The van der Waals surface area contributed by atoms with E-state index >= 15 is 0 Å². The molecule has 0 fully saturated rings. The lowest BCUT2D eigenvalue weighted by Crippen LogP contribution is -2.38. The average Bonchev–Trinajstić information content (AvgIpc) is 2.69. The zero-order valence-electron chi connectivity index (χ0n) is 9.48. The fourth-order valence-corrected chi connectivity index (χ4v) is 2.90. The molecule has 2 rings (SSSR count). The molecule has 2 heterocycles. The fourth-order valence-electron chi connectivity index (χ4n) is 1.26. The molecule has 0 aliphatic carbocycles. The minimum absolute atomic E-state index is 1.14. The largest absolute Gasteiger partial charge is 0.211 e. The molecule has 2 aromatic rings. The van der Waals surface area contributed by atoms with Crippen molar-refractivity contribution in [2.24, 2.45) is 0 Å². The molecule has 0 saturated carbocycles. The molecule has 0 saturated heterocycles. The molecule has 0 spiro atoms. The van der Waals surface area contributed by atoms with Gasteiger partial charge in [0.15, 0.2) is 0 Å². The number of nitrogens with zero attached hydrogens (tertiary/aromatic N) is 3. The molecule has 0 aromatic carbocycles. The Labute approximate surface area is 94.8 Å². The van der Waals surface area contributed by atoms with Gasteiger partial charge in [-0.3, -0.25) is 0 Å². The van der Waals surface area contributed by atoms with Crippen molar-refractivity contribution in [1.29, 1.82) is 0 Å². The van der Waals surface area contributed by atoms with Crippen LogP contribution < -0.4 is 5.32 Å². The first-order chi connectivity index (χ1) is 6.97. The van der Waals surface area contributed by atoms with E-state index in [9.17, 15) is 0 Å². The van der Waals surface area contributed by atoms with E-state index < -0.39 is 8.07 Å². The highest BCUT2D eigenvalue weighted by atomic mass is 32.1. The molecule has 0 atom stereocenters. The molecule has 0 amide bonds. The van der Waals surface area contributed by atoms with Gasteiger partial charge in [-0.2, -0.15) is 0 Å². The summed E-state index contributed by atoms with van der Waals surface area (Å²) in [5, 5.41) is 10.7. The zero-order chi connectivity index (χ0) is 11.1. The van der Waals surface area contributed by atoms with Crippen molar-refractivity contribution in [2.45, 2.75) is 26.6 Å². The van der Waals surface area contributed by atoms with E-state index in [-0.39, 0.29) is 0 Å². The van der Waals surface area contributed by atoms with E-state index in [0.717, 1.165) is 10.3 Å². The second-order valence-electron chi connectivity index (χ2n) is 4.68. The van der Waals surface area contributed by atoms with E-state index in [1.165, 1.54) is 4.88 Å². The van der Waals surface area contributed by atoms with Gasteiger partial charge in [0, 0.05) is 4.88 Å². The van der Waals surface area contributed by atoms with Crippen LogP contribution in [0.1, 0.15) is 4.88 Å². The predicted octanol–water partition coefficient (Wildman–Crippen LogP) is 2.18. The highest BCUT2D eigenvalue weighted by Crippen LogP contribution is 2.18. The van der Waals surface area contributed by atoms with Crippen molar-refractivity contribution in [3.05, 3.63) is 23.2 Å². The molecule has 2 aromatic heterocycles. The smallest absolute Gasteiger partial charge is 0.119 e. The first-order valence-corrected chi connectivity index (χ1v) is 9.28. The second-order valence-corrected chi connectivity index (χ2v) is 11.0. The zero-order valence-corrected chi connectivity index (χ0v) is 11.3. The Morgan fingerprint density at radius 3 is 2.47 bits per heavy atom. The Hall–Kier alpha value is -0.943. The lowest BCUT2D eigenvalue weighted by molar-refractivity contribution is 0.816. The minimum atomic E-state index is -1.33. The summed E-state index contributed by atoms with van der Waals surface area (Å²) >= 11 is 1.74. The SMILES string of the molecule is Cc1ccc(-n2cc([Si](C)(C)C)nn2)s1. The predicted molar refractivity (Wildman–Crippen MR) is 67.0 cm³/mol. The first-order valence-electron chi connectivity index (χ1n) is 4.96. The van der Waals surface area contributed by atoms with Gasteiger partial charge < -0.3 is 0 Å². The van der Waals surface area contributed by atoms with Gasteiger partial charge in [-0.1, -0.05) is 24.9 Å². The number of rotatable bonds is 2. The van der Waals surface area contributed by atoms with Gasteiger partial charge >= 0.3 is 0 Å². The monoisotopic (exact) mass is 237 g/mol. The topological polar surface area (TPSA) is 30.7 Å². The maximum Gasteiger partial charge on any atom is 0.119 e. The van der Waals surface area contributed by atoms with Crippen molar-refractivity contribution in [2.75, 3.05) is 0 Å². The quantitative estimate of drug-likeness (QED) is 0.750. The number of aryl methyl sites for hydroxylation is 1. The van der Waals surface area contributed by atoms with Crippen LogP contribution >= 0.6 is 11.3 Å². The maximum absolute atomic E-state index is 4.25. The molecule has 0 N–H and O–H groups in total. The molecule has 0 aliphatic rings. The lowest BCUT2D eigenvalue weighted by atomic mass is 10.5. The van der Waals surface area contributed by atoms with E-state index in [1.54, 1.807) is 11.3 Å². The molecule has 0 radical (unpaired) electrons. The van der Waals surface area contributed by atoms with Crippen LogP contribution in [0.5, 0.6) is 0 Å². The minimum Gasteiger partial charge on any atom is -0.211 e. The summed E-state index contributed by atoms with van der Waals surface area (Å²) in [5.41, 5.74) is 0. The number of hydrogen-bond donors (Lipinski definition) is 0. The van der Waals surface area contributed by atoms with E-state index in [2.05, 4.69) is 55.2 Å². The van der Waals surface area contributed by atoms with Crippen LogP contribution in [-0.2, 0) is 0 Å². The van der Waals surface area contributed by atoms with Crippen molar-refractivity contribution >= 4 is 24.7 Å². The molecule has 80 valence electrons. The Bertz CT molecular complexity index is 467. The normalized spacial score (nSPS) is 12.0. The van der Waals surface area contributed by atoms with Gasteiger partial charge in [0.1, 0.15) is 13.1 Å². The van der Waals surface area contributed by atoms with Crippen LogP contribution in [-0.4, -0.2) is 23.1 Å². The van der Waals surface area contributed by atoms with Gasteiger partial charge in [0.05, 0.1) is 11.5 Å². The highest BCUT2D eigenvalue weighted by molar-refractivity contribution is 7.14. The Kier molecular flexibility index (Phi) is 2.52. The van der Waals surface area contributed by atoms with Crippen LogP contribution in [0.3, 0.4) is 0 Å². The molecule has 5 heteroatoms. The van der Waals surface area contributed by atoms with Crippen LogP contribution in [0.4, 0.5) is 0 Å². The molecule has 0 aliphatic heterocycles. The maximum atomic E-state index is 4.25. The summed E-state index contributed by atoms with van der Waals surface area (Å²) < 4.78 is 1.88. The molecule has 0 unspecified atom stereocenters. The van der Waals surface area contributed by atoms with Crippen molar-refractivity contribution in [3.63, 3.8) is 0 Å². The standard InChI is InChI=1S/C10H15N3SSi/c1-8-5-6-10(14-8)13-7-9(11-12-13)15(2,3)4/h5-7H,1-4H3. The molecular formula is C10H15N3SSi. The lowest BCUT2D eigenvalue weighted by Gasteiger charge is -2.09. The molecule has 15 heavy (non-hydrogen) atoms. The van der Waals surface area contributed by atoms with Gasteiger partial charge in [0.25, 0.3) is 0 Å². The van der Waals surface area contributed by atoms with Crippen LogP contribution in [0.15, 0.2) is 18.3 Å². The summed E-state index contributed by atoms with van der Waals surface area (Å²) in [6.07, 6.45) is 2.07. The molecular weight excluding hydrogens is 222 g/mol. The third kappa shape index (κ3) is 2.18. The number of hydrogen-bond acceptors (Lipinski definition) is 3. The number of thiophene rings is 1. The highest BCUT2D eigenvalue weighted by Gasteiger charge is 2.20. The Balaban J connectivity index is 2.36. The van der Waals surface area contributed by atoms with E-state index in [0.29, 0.717) is 0 Å². The van der Waals surface area contributed by atoms with Crippen molar-refractivity contribution < 1.29 is 0 Å². The van der Waals surface area contributed by atoms with Crippen molar-refractivity contribution in [1.82, 2.24) is 15.0 Å². The average molecular weight is 237 g/mol. The van der Waals surface area contributed by atoms with Crippen LogP contribution in [0, 0.1) is 6.92 Å². The summed E-state index contributed by atoms with van der Waals surface area (Å²) in [6.45, 7) is 8.94. The second kappa shape index (κ2) is 3.57. The number of aromatic nitrogens is 3. The third-order valence-electron chi connectivity index (χ3n) is 2.21. The Morgan fingerprint density at radius 1 is 1.27 bits per heavy atom. The van der Waals surface area contributed by atoms with Crippen molar-refractivity contribution in [3.8, 4) is 5.00 Å². The summed E-state index contributed by atoms with van der Waals surface area (Å²) in [7, 11) is -1.33. The fraction of sp³-hybridized carbons (Fsp3) is 0.400. The summed E-state index contributed by atoms with van der Waals surface area (Å²) in [5.74, 6) is 0. The summed E-state index contributed by atoms with van der Waals surface area (Å²) in [4.78, 5) is 1.30. The van der Waals surface area contributed by atoms with Gasteiger partial charge in [-0.15, -0.1) is 16.4 Å². The Morgan fingerprint density at radius 2 is 2.00 bits per heavy atom. The van der Waals surface area contributed by atoms with E-state index in [1.807, 2.05) is 4.68 Å². The van der Waals surface area contributed by atoms with E-state index in [4.69, 9.17) is 0 Å². The van der Waals surface area contributed by atoms with Crippen LogP contribution in [0.25, 0.3) is 5.00 Å².